The van der Waals surface area contributed by atoms with Gasteiger partial charge in [0.1, 0.15) is 5.82 Å². The van der Waals surface area contributed by atoms with E-state index in [0.717, 1.165) is 62.9 Å². The van der Waals surface area contributed by atoms with Crippen LogP contribution >= 0.6 is 24.0 Å². The molecule has 3 aromatic rings. The number of nitrogens with one attached hydrogen (secondary N) is 3. The first-order chi connectivity index (χ1) is 14.2. The van der Waals surface area contributed by atoms with Crippen molar-refractivity contribution in [3.05, 3.63) is 47.2 Å². The van der Waals surface area contributed by atoms with E-state index in [4.69, 9.17) is 4.99 Å². The van der Waals surface area contributed by atoms with Crippen LogP contribution in [0.1, 0.15) is 43.0 Å². The zero-order chi connectivity index (χ0) is 20.2. The number of fused-ring (bicyclic) bond motifs is 2. The summed E-state index contributed by atoms with van der Waals surface area (Å²) in [7, 11) is 0. The lowest BCUT2D eigenvalue weighted by atomic mass is 10.1. The molecular weight excluding hydrogens is 489 g/mol. The molecule has 7 nitrogen and oxygen atoms in total. The van der Waals surface area contributed by atoms with E-state index in [1.54, 1.807) is 0 Å². The Kier molecular flexibility index (Phi) is 7.74. The minimum Gasteiger partial charge on any atom is -0.361 e. The molecule has 0 bridgehead atoms. The maximum atomic E-state index is 4.82. The largest absolute Gasteiger partial charge is 0.361 e. The van der Waals surface area contributed by atoms with E-state index in [2.05, 4.69) is 75.5 Å². The van der Waals surface area contributed by atoms with Crippen LogP contribution in [-0.4, -0.2) is 44.8 Å². The Morgan fingerprint density at radius 2 is 2.20 bits per heavy atom. The second-order valence-electron chi connectivity index (χ2n) is 7.68. The molecule has 0 aliphatic carbocycles. The normalized spacial score (nSPS) is 16.2. The minimum atomic E-state index is 0. The number of para-hydroxylation sites is 1. The summed E-state index contributed by atoms with van der Waals surface area (Å²) >= 11 is 0. The molecule has 4 rings (SSSR count). The fraction of sp³-hybridized carbons (Fsp3) is 0.500. The number of benzene rings is 1. The summed E-state index contributed by atoms with van der Waals surface area (Å²) in [4.78, 5) is 12.8. The summed E-state index contributed by atoms with van der Waals surface area (Å²) < 4.78 is 2.05. The Bertz CT molecular complexity index is 1000. The summed E-state index contributed by atoms with van der Waals surface area (Å²) in [6.07, 6.45) is 5.92. The monoisotopic (exact) mass is 521 g/mol. The van der Waals surface area contributed by atoms with E-state index < -0.39 is 0 Å². The van der Waals surface area contributed by atoms with Crippen molar-refractivity contribution in [2.45, 2.75) is 59.0 Å². The lowest BCUT2D eigenvalue weighted by Crippen LogP contribution is -2.47. The second-order valence-corrected chi connectivity index (χ2v) is 7.68. The van der Waals surface area contributed by atoms with Gasteiger partial charge in [-0.05, 0) is 37.8 Å². The number of hydrogen-bond acceptors (Lipinski definition) is 3. The first-order valence-corrected chi connectivity index (χ1v) is 10.7. The smallest absolute Gasteiger partial charge is 0.191 e. The number of halogens is 1. The maximum absolute atomic E-state index is 4.82. The van der Waals surface area contributed by atoms with Crippen molar-refractivity contribution in [3.63, 3.8) is 0 Å². The van der Waals surface area contributed by atoms with Crippen molar-refractivity contribution in [3.8, 4) is 0 Å². The second kappa shape index (κ2) is 10.3. The highest BCUT2D eigenvalue weighted by Crippen LogP contribution is 2.21. The number of aliphatic imine (C=N–C) groups is 1. The molecule has 0 spiro atoms. The minimum absolute atomic E-state index is 0. The van der Waals surface area contributed by atoms with Gasteiger partial charge in [-0.25, -0.2) is 9.67 Å². The summed E-state index contributed by atoms with van der Waals surface area (Å²) in [6, 6.07) is 6.77. The fourth-order valence-corrected chi connectivity index (χ4v) is 4.00. The van der Waals surface area contributed by atoms with Gasteiger partial charge in [0.2, 0.25) is 0 Å². The molecule has 2 aromatic heterocycles. The predicted octanol–water partition coefficient (Wildman–Crippen LogP) is 3.36. The average Bonchev–Trinajstić information content (AvgIpc) is 3.32. The fourth-order valence-electron chi connectivity index (χ4n) is 4.00. The van der Waals surface area contributed by atoms with Crippen LogP contribution in [0.5, 0.6) is 0 Å². The van der Waals surface area contributed by atoms with Gasteiger partial charge in [0.05, 0.1) is 6.54 Å². The lowest BCUT2D eigenvalue weighted by molar-refractivity contribution is 0.392. The van der Waals surface area contributed by atoms with Crippen LogP contribution in [0.15, 0.2) is 29.4 Å². The third-order valence-corrected chi connectivity index (χ3v) is 5.56. The lowest BCUT2D eigenvalue weighted by Gasteiger charge is -2.25. The molecule has 1 unspecified atom stereocenters. The molecule has 162 valence electrons. The molecule has 1 aliphatic rings. The molecule has 3 heterocycles. The van der Waals surface area contributed by atoms with Gasteiger partial charge >= 0.3 is 0 Å². The number of H-pyrrole nitrogens is 1. The van der Waals surface area contributed by atoms with Gasteiger partial charge in [-0.1, -0.05) is 25.1 Å². The van der Waals surface area contributed by atoms with Gasteiger partial charge in [0, 0.05) is 49.1 Å². The third kappa shape index (κ3) is 4.96. The SMILES string of the molecule is CCNC(=NCCc1c[nH]c2c(C)cccc12)NC1CCc2nc(CC)nn2C1.I. The van der Waals surface area contributed by atoms with Gasteiger partial charge in [-0.2, -0.15) is 5.10 Å². The molecule has 3 N–H and O–H groups in total. The van der Waals surface area contributed by atoms with E-state index in [9.17, 15) is 0 Å². The summed E-state index contributed by atoms with van der Waals surface area (Å²) in [5.41, 5.74) is 3.83. The van der Waals surface area contributed by atoms with Crippen LogP contribution in [-0.2, 0) is 25.8 Å². The van der Waals surface area contributed by atoms with Gasteiger partial charge in [-0.3, -0.25) is 4.99 Å². The number of nitrogens with zero attached hydrogens (tertiary/aromatic N) is 4. The number of aromatic nitrogens is 4. The van der Waals surface area contributed by atoms with E-state index in [-0.39, 0.29) is 24.0 Å². The Balaban J connectivity index is 0.00000256. The Morgan fingerprint density at radius 1 is 1.33 bits per heavy atom. The number of aromatic amines is 1. The molecule has 1 aromatic carbocycles. The molecule has 8 heteroatoms. The summed E-state index contributed by atoms with van der Waals surface area (Å²) in [6.45, 7) is 8.78. The zero-order valence-corrected chi connectivity index (χ0v) is 20.4. The van der Waals surface area contributed by atoms with Crippen LogP contribution in [0.3, 0.4) is 0 Å². The van der Waals surface area contributed by atoms with Crippen molar-refractivity contribution < 1.29 is 0 Å². The number of rotatable bonds is 6. The first-order valence-electron chi connectivity index (χ1n) is 10.7. The van der Waals surface area contributed by atoms with Gasteiger partial charge in [-0.15, -0.1) is 24.0 Å². The maximum Gasteiger partial charge on any atom is 0.191 e. The predicted molar refractivity (Wildman–Crippen MR) is 133 cm³/mol. The van der Waals surface area contributed by atoms with Crippen LogP contribution in [0, 0.1) is 6.92 Å². The number of aryl methyl sites for hydroxylation is 3. The molecule has 0 radical (unpaired) electrons. The van der Waals surface area contributed by atoms with Crippen LogP contribution < -0.4 is 10.6 Å². The van der Waals surface area contributed by atoms with Crippen molar-refractivity contribution in [1.82, 2.24) is 30.4 Å². The van der Waals surface area contributed by atoms with Crippen molar-refractivity contribution >= 4 is 40.8 Å². The topological polar surface area (TPSA) is 82.9 Å². The molecule has 0 saturated heterocycles. The Morgan fingerprint density at radius 3 is 3.00 bits per heavy atom. The zero-order valence-electron chi connectivity index (χ0n) is 18.0. The quantitative estimate of drug-likeness (QED) is 0.264. The summed E-state index contributed by atoms with van der Waals surface area (Å²) in [5, 5.41) is 12.9. The van der Waals surface area contributed by atoms with Gasteiger partial charge in [0.15, 0.2) is 11.8 Å². The van der Waals surface area contributed by atoms with Gasteiger partial charge < -0.3 is 15.6 Å². The number of hydrogen-bond donors (Lipinski definition) is 3. The molecule has 0 fully saturated rings. The molecule has 1 atom stereocenters. The summed E-state index contributed by atoms with van der Waals surface area (Å²) in [5.74, 6) is 2.93. The first kappa shape index (κ1) is 22.6. The van der Waals surface area contributed by atoms with E-state index in [1.165, 1.54) is 22.0 Å². The Hall–Kier alpha value is -2.10. The van der Waals surface area contributed by atoms with Crippen LogP contribution in [0.25, 0.3) is 10.9 Å². The van der Waals surface area contributed by atoms with Gasteiger partial charge in [0.25, 0.3) is 0 Å². The van der Waals surface area contributed by atoms with E-state index in [0.29, 0.717) is 6.04 Å². The molecule has 0 amide bonds. The van der Waals surface area contributed by atoms with Crippen molar-refractivity contribution in [2.24, 2.45) is 4.99 Å². The highest BCUT2D eigenvalue weighted by molar-refractivity contribution is 14.0. The molecule has 30 heavy (non-hydrogen) atoms. The standard InChI is InChI=1S/C22H31N7.HI/c1-4-19-27-20-10-9-17(14-29(20)28-19)26-22(23-5-2)24-12-11-16-13-25-21-15(3)7-6-8-18(16)21;/h6-8,13,17,25H,4-5,9-12,14H2,1-3H3,(H2,23,24,26);1H. The molecule has 0 saturated carbocycles. The Labute approximate surface area is 195 Å². The van der Waals surface area contributed by atoms with Crippen molar-refractivity contribution in [1.29, 1.82) is 0 Å². The number of guanidine groups is 1. The van der Waals surface area contributed by atoms with Crippen molar-refractivity contribution in [2.75, 3.05) is 13.1 Å². The average molecular weight is 521 g/mol. The third-order valence-electron chi connectivity index (χ3n) is 5.56. The van der Waals surface area contributed by atoms with E-state index >= 15 is 0 Å². The van der Waals surface area contributed by atoms with Crippen LogP contribution in [0.2, 0.25) is 0 Å². The highest BCUT2D eigenvalue weighted by Gasteiger charge is 2.22. The van der Waals surface area contributed by atoms with Crippen LogP contribution in [0.4, 0.5) is 0 Å². The molecular formula is C22H32IN7. The highest BCUT2D eigenvalue weighted by atomic mass is 127. The van der Waals surface area contributed by atoms with E-state index in [1.807, 2.05) is 0 Å². The molecule has 1 aliphatic heterocycles.